The van der Waals surface area contributed by atoms with E-state index >= 15 is 0 Å². The van der Waals surface area contributed by atoms with Gasteiger partial charge in [-0.25, -0.2) is 0 Å². The van der Waals surface area contributed by atoms with Crippen molar-refractivity contribution in [1.82, 2.24) is 10.2 Å². The van der Waals surface area contributed by atoms with Gasteiger partial charge >= 0.3 is 0 Å². The van der Waals surface area contributed by atoms with Gasteiger partial charge in [0.1, 0.15) is 5.75 Å². The SMILES string of the molecule is Cc1cccc(O[C@@H](C)C(=O)NCCCN2C[C@H](C)C[C@@H](C)C2)c1C. The minimum absolute atomic E-state index is 0.0405. The molecule has 0 spiro atoms. The monoisotopic (exact) mass is 346 g/mol. The molecule has 1 saturated heterocycles. The van der Waals surface area contributed by atoms with Crippen molar-refractivity contribution in [2.24, 2.45) is 11.8 Å². The molecule has 4 heteroatoms. The first kappa shape index (κ1) is 19.8. The van der Waals surface area contributed by atoms with Gasteiger partial charge < -0.3 is 15.0 Å². The van der Waals surface area contributed by atoms with E-state index in [2.05, 4.69) is 37.1 Å². The van der Waals surface area contributed by atoms with Crippen LogP contribution in [0.5, 0.6) is 5.75 Å². The second-order valence-corrected chi connectivity index (χ2v) is 7.81. The predicted molar refractivity (Wildman–Crippen MR) is 103 cm³/mol. The minimum Gasteiger partial charge on any atom is -0.481 e. The summed E-state index contributed by atoms with van der Waals surface area (Å²) >= 11 is 0. The van der Waals surface area contributed by atoms with Gasteiger partial charge in [-0.3, -0.25) is 4.79 Å². The molecule has 0 bridgehead atoms. The number of hydrogen-bond acceptors (Lipinski definition) is 3. The fraction of sp³-hybridized carbons (Fsp3) is 0.667. The van der Waals surface area contributed by atoms with Crippen molar-refractivity contribution in [3.05, 3.63) is 29.3 Å². The highest BCUT2D eigenvalue weighted by Gasteiger charge is 2.21. The largest absolute Gasteiger partial charge is 0.481 e. The molecule has 0 aromatic heterocycles. The van der Waals surface area contributed by atoms with E-state index in [1.165, 1.54) is 25.1 Å². The molecule has 3 atom stereocenters. The van der Waals surface area contributed by atoms with Gasteiger partial charge in [-0.05, 0) is 69.2 Å². The van der Waals surface area contributed by atoms with Crippen LogP contribution >= 0.6 is 0 Å². The fourth-order valence-electron chi connectivity index (χ4n) is 3.73. The zero-order valence-electron chi connectivity index (χ0n) is 16.5. The van der Waals surface area contributed by atoms with Gasteiger partial charge in [-0.15, -0.1) is 0 Å². The molecule has 1 aliphatic rings. The molecule has 1 N–H and O–H groups in total. The van der Waals surface area contributed by atoms with E-state index < -0.39 is 6.10 Å². The predicted octanol–water partition coefficient (Wildman–Crippen LogP) is 3.55. The van der Waals surface area contributed by atoms with E-state index in [4.69, 9.17) is 4.74 Å². The molecule has 1 aromatic carbocycles. The van der Waals surface area contributed by atoms with Crippen LogP contribution in [0.4, 0.5) is 0 Å². The number of aryl methyl sites for hydroxylation is 1. The lowest BCUT2D eigenvalue weighted by molar-refractivity contribution is -0.127. The molecule has 1 fully saturated rings. The fourth-order valence-corrected chi connectivity index (χ4v) is 3.73. The molecule has 1 heterocycles. The van der Waals surface area contributed by atoms with Gasteiger partial charge in [0.25, 0.3) is 5.91 Å². The number of likely N-dealkylation sites (tertiary alicyclic amines) is 1. The van der Waals surface area contributed by atoms with E-state index in [1.807, 2.05) is 26.0 Å². The normalized spacial score (nSPS) is 22.4. The Morgan fingerprint density at radius 1 is 1.28 bits per heavy atom. The summed E-state index contributed by atoms with van der Waals surface area (Å²) in [4.78, 5) is 14.8. The van der Waals surface area contributed by atoms with Crippen LogP contribution in [0.25, 0.3) is 0 Å². The van der Waals surface area contributed by atoms with Crippen LogP contribution in [0.1, 0.15) is 44.7 Å². The zero-order chi connectivity index (χ0) is 18.4. The molecule has 25 heavy (non-hydrogen) atoms. The Bertz CT molecular complexity index is 563. The van der Waals surface area contributed by atoms with Crippen LogP contribution in [-0.4, -0.2) is 43.1 Å². The number of benzene rings is 1. The van der Waals surface area contributed by atoms with Crippen LogP contribution in [0.3, 0.4) is 0 Å². The summed E-state index contributed by atoms with van der Waals surface area (Å²) in [6.45, 7) is 14.7. The number of rotatable bonds is 7. The summed E-state index contributed by atoms with van der Waals surface area (Å²) in [5.74, 6) is 2.31. The van der Waals surface area contributed by atoms with Gasteiger partial charge in [-0.2, -0.15) is 0 Å². The molecule has 4 nitrogen and oxygen atoms in total. The topological polar surface area (TPSA) is 41.6 Å². The first-order chi connectivity index (χ1) is 11.9. The van der Waals surface area contributed by atoms with Crippen molar-refractivity contribution < 1.29 is 9.53 Å². The van der Waals surface area contributed by atoms with Gasteiger partial charge in [-0.1, -0.05) is 26.0 Å². The molecule has 2 rings (SSSR count). The third kappa shape index (κ3) is 6.03. The number of carbonyl (C=O) groups excluding carboxylic acids is 1. The maximum absolute atomic E-state index is 12.2. The van der Waals surface area contributed by atoms with Crippen LogP contribution in [0, 0.1) is 25.7 Å². The van der Waals surface area contributed by atoms with Gasteiger partial charge in [0.05, 0.1) is 0 Å². The maximum atomic E-state index is 12.2. The number of piperidine rings is 1. The summed E-state index contributed by atoms with van der Waals surface area (Å²) in [6.07, 6.45) is 1.84. The number of nitrogens with one attached hydrogen (secondary N) is 1. The third-order valence-corrected chi connectivity index (χ3v) is 5.12. The quantitative estimate of drug-likeness (QED) is 0.768. The van der Waals surface area contributed by atoms with Crippen LogP contribution in [-0.2, 0) is 4.79 Å². The van der Waals surface area contributed by atoms with Crippen molar-refractivity contribution in [2.75, 3.05) is 26.2 Å². The Morgan fingerprint density at radius 2 is 1.96 bits per heavy atom. The molecule has 0 saturated carbocycles. The second kappa shape index (κ2) is 9.23. The van der Waals surface area contributed by atoms with Crippen LogP contribution in [0.2, 0.25) is 0 Å². The van der Waals surface area contributed by atoms with E-state index in [9.17, 15) is 4.79 Å². The molecule has 0 radical (unpaired) electrons. The first-order valence-corrected chi connectivity index (χ1v) is 9.59. The van der Waals surface area contributed by atoms with Crippen molar-refractivity contribution in [2.45, 2.75) is 53.6 Å². The Hall–Kier alpha value is -1.55. The van der Waals surface area contributed by atoms with Gasteiger partial charge in [0, 0.05) is 19.6 Å². The van der Waals surface area contributed by atoms with Crippen LogP contribution in [0.15, 0.2) is 18.2 Å². The molecule has 0 aliphatic carbocycles. The van der Waals surface area contributed by atoms with Crippen molar-refractivity contribution in [1.29, 1.82) is 0 Å². The van der Waals surface area contributed by atoms with Crippen molar-refractivity contribution >= 4 is 5.91 Å². The molecule has 1 aliphatic heterocycles. The Labute approximate surface area is 152 Å². The third-order valence-electron chi connectivity index (χ3n) is 5.12. The van der Waals surface area contributed by atoms with Crippen molar-refractivity contribution in [3.63, 3.8) is 0 Å². The lowest BCUT2D eigenvalue weighted by Crippen LogP contribution is -2.41. The summed E-state index contributed by atoms with van der Waals surface area (Å²) < 4.78 is 5.84. The lowest BCUT2D eigenvalue weighted by Gasteiger charge is -2.34. The van der Waals surface area contributed by atoms with Crippen LogP contribution < -0.4 is 10.1 Å². The Kier molecular flexibility index (Phi) is 7.30. The summed E-state index contributed by atoms with van der Waals surface area (Å²) in [5, 5.41) is 3.01. The average Bonchev–Trinajstić information content (AvgIpc) is 2.54. The Balaban J connectivity index is 1.70. The molecular weight excluding hydrogens is 312 g/mol. The summed E-state index contributed by atoms with van der Waals surface area (Å²) in [7, 11) is 0. The number of carbonyl (C=O) groups is 1. The molecule has 1 amide bonds. The highest BCUT2D eigenvalue weighted by atomic mass is 16.5. The minimum atomic E-state index is -0.476. The summed E-state index contributed by atoms with van der Waals surface area (Å²) in [6, 6.07) is 5.93. The molecule has 0 unspecified atom stereocenters. The first-order valence-electron chi connectivity index (χ1n) is 9.59. The lowest BCUT2D eigenvalue weighted by atomic mass is 9.92. The zero-order valence-corrected chi connectivity index (χ0v) is 16.5. The van der Waals surface area contributed by atoms with E-state index in [0.29, 0.717) is 6.54 Å². The second-order valence-electron chi connectivity index (χ2n) is 7.81. The van der Waals surface area contributed by atoms with Crippen molar-refractivity contribution in [3.8, 4) is 5.75 Å². The number of nitrogens with zero attached hydrogens (tertiary/aromatic N) is 1. The smallest absolute Gasteiger partial charge is 0.260 e. The Morgan fingerprint density at radius 3 is 2.64 bits per heavy atom. The van der Waals surface area contributed by atoms with Gasteiger partial charge in [0.2, 0.25) is 0 Å². The van der Waals surface area contributed by atoms with Gasteiger partial charge in [0.15, 0.2) is 6.10 Å². The maximum Gasteiger partial charge on any atom is 0.260 e. The molecule has 140 valence electrons. The molecule has 1 aromatic rings. The van der Waals surface area contributed by atoms with E-state index in [1.54, 1.807) is 0 Å². The summed E-state index contributed by atoms with van der Waals surface area (Å²) in [5.41, 5.74) is 2.27. The standard InChI is InChI=1S/C21H34N2O2/c1-15-12-16(2)14-23(13-15)11-7-10-22-21(24)19(5)25-20-9-6-8-17(3)18(20)4/h6,8-9,15-16,19H,7,10-14H2,1-5H3,(H,22,24)/t15-,16-,19+/m1/s1. The number of amides is 1. The van der Waals surface area contributed by atoms with E-state index in [0.717, 1.165) is 36.1 Å². The highest BCUT2D eigenvalue weighted by Crippen LogP contribution is 2.22. The number of hydrogen-bond donors (Lipinski definition) is 1. The van der Waals surface area contributed by atoms with E-state index in [-0.39, 0.29) is 5.91 Å². The number of ether oxygens (including phenoxy) is 1. The average molecular weight is 347 g/mol. The molecular formula is C21H34N2O2. The highest BCUT2D eigenvalue weighted by molar-refractivity contribution is 5.80.